The highest BCUT2D eigenvalue weighted by Gasteiger charge is 2.30. The number of halogens is 2. The number of aryl methyl sites for hydroxylation is 1. The lowest BCUT2D eigenvalue weighted by atomic mass is 10.1. The zero-order chi connectivity index (χ0) is 22.0. The molecule has 1 saturated heterocycles. The molecule has 2 amide bonds. The molecule has 7 nitrogen and oxygen atoms in total. The van der Waals surface area contributed by atoms with E-state index in [0.717, 1.165) is 12.1 Å². The average molecular weight is 447 g/mol. The fraction of sp³-hybridized carbons (Fsp3) is 0.286. The standard InChI is InChI=1S/C21H19F2N3O4S/c1-13-15(12-29-17-5-4-14(22)11-16(17)23)19(24-30-13)21(28)26-8-6-25(7-9-26)20(27)18-3-2-10-31-18/h2-5,10-11H,6-9,12H2,1H3. The predicted octanol–water partition coefficient (Wildman–Crippen LogP) is 3.50. The molecule has 1 fully saturated rings. The van der Waals surface area contributed by atoms with E-state index >= 15 is 0 Å². The highest BCUT2D eigenvalue weighted by Crippen LogP contribution is 2.23. The minimum absolute atomic E-state index is 0.0465. The number of ether oxygens (including phenoxy) is 1. The number of carbonyl (C=O) groups excluding carboxylic acids is 2. The van der Waals surface area contributed by atoms with Crippen LogP contribution in [-0.4, -0.2) is 52.9 Å². The number of carbonyl (C=O) groups is 2. The Bertz CT molecular complexity index is 1090. The minimum Gasteiger partial charge on any atom is -0.486 e. The van der Waals surface area contributed by atoms with Gasteiger partial charge in [0.05, 0.1) is 10.4 Å². The summed E-state index contributed by atoms with van der Waals surface area (Å²) in [6, 6.07) is 6.59. The van der Waals surface area contributed by atoms with Crippen LogP contribution in [-0.2, 0) is 6.61 Å². The molecule has 31 heavy (non-hydrogen) atoms. The Balaban J connectivity index is 1.41. The van der Waals surface area contributed by atoms with Crippen molar-refractivity contribution in [2.24, 2.45) is 0 Å². The van der Waals surface area contributed by atoms with Crippen LogP contribution in [0.3, 0.4) is 0 Å². The third kappa shape index (κ3) is 4.43. The van der Waals surface area contributed by atoms with Crippen molar-refractivity contribution in [3.05, 3.63) is 69.2 Å². The molecular weight excluding hydrogens is 428 g/mol. The topological polar surface area (TPSA) is 75.9 Å². The number of hydrogen-bond donors (Lipinski definition) is 0. The van der Waals surface area contributed by atoms with Gasteiger partial charge in [-0.2, -0.15) is 0 Å². The second-order valence-corrected chi connectivity index (χ2v) is 7.94. The molecule has 0 aliphatic carbocycles. The molecule has 3 heterocycles. The summed E-state index contributed by atoms with van der Waals surface area (Å²) in [5.41, 5.74) is 0.476. The lowest BCUT2D eigenvalue weighted by Crippen LogP contribution is -2.50. The van der Waals surface area contributed by atoms with Crippen LogP contribution in [0, 0.1) is 18.6 Å². The summed E-state index contributed by atoms with van der Waals surface area (Å²) in [6.07, 6.45) is 0. The second-order valence-electron chi connectivity index (χ2n) is 6.99. The summed E-state index contributed by atoms with van der Waals surface area (Å²) in [7, 11) is 0. The first-order valence-corrected chi connectivity index (χ1v) is 10.5. The molecule has 0 saturated carbocycles. The Labute approximate surface area is 180 Å². The Morgan fingerprint density at radius 2 is 1.84 bits per heavy atom. The minimum atomic E-state index is -0.839. The summed E-state index contributed by atoms with van der Waals surface area (Å²) >= 11 is 1.38. The van der Waals surface area contributed by atoms with Crippen molar-refractivity contribution < 1.29 is 27.6 Å². The molecule has 1 aromatic carbocycles. The monoisotopic (exact) mass is 447 g/mol. The maximum Gasteiger partial charge on any atom is 0.276 e. The van der Waals surface area contributed by atoms with Crippen LogP contribution in [0.5, 0.6) is 5.75 Å². The van der Waals surface area contributed by atoms with E-state index in [2.05, 4.69) is 5.16 Å². The van der Waals surface area contributed by atoms with E-state index in [4.69, 9.17) is 9.26 Å². The first kappa shape index (κ1) is 21.0. The maximum absolute atomic E-state index is 13.8. The van der Waals surface area contributed by atoms with Crippen LogP contribution in [0.2, 0.25) is 0 Å². The largest absolute Gasteiger partial charge is 0.486 e. The lowest BCUT2D eigenvalue weighted by molar-refractivity contribution is 0.0531. The summed E-state index contributed by atoms with van der Waals surface area (Å²) < 4.78 is 37.5. The normalized spacial score (nSPS) is 14.0. The first-order chi connectivity index (χ1) is 14.9. The Kier molecular flexibility index (Phi) is 5.99. The molecule has 10 heteroatoms. The summed E-state index contributed by atoms with van der Waals surface area (Å²) in [5.74, 6) is -1.71. The Morgan fingerprint density at radius 3 is 2.48 bits per heavy atom. The SMILES string of the molecule is Cc1onc(C(=O)N2CCN(C(=O)c3cccs3)CC2)c1COc1ccc(F)cc1F. The second kappa shape index (κ2) is 8.84. The van der Waals surface area contributed by atoms with Crippen LogP contribution in [0.15, 0.2) is 40.2 Å². The number of amides is 2. The number of thiophene rings is 1. The number of nitrogens with zero attached hydrogens (tertiary/aromatic N) is 3. The van der Waals surface area contributed by atoms with E-state index in [9.17, 15) is 18.4 Å². The van der Waals surface area contributed by atoms with Crippen LogP contribution in [0.4, 0.5) is 8.78 Å². The molecule has 0 spiro atoms. The summed E-state index contributed by atoms with van der Waals surface area (Å²) in [6.45, 7) is 3.00. The fourth-order valence-corrected chi connectivity index (χ4v) is 3.98. The summed E-state index contributed by atoms with van der Waals surface area (Å²) in [4.78, 5) is 29.4. The predicted molar refractivity (Wildman–Crippen MR) is 108 cm³/mol. The number of hydrogen-bond acceptors (Lipinski definition) is 6. The number of piperazine rings is 1. The van der Waals surface area contributed by atoms with Crippen LogP contribution in [0.1, 0.15) is 31.5 Å². The van der Waals surface area contributed by atoms with Gasteiger partial charge in [0, 0.05) is 32.2 Å². The van der Waals surface area contributed by atoms with Crippen molar-refractivity contribution in [2.75, 3.05) is 26.2 Å². The Hall–Kier alpha value is -3.27. The van der Waals surface area contributed by atoms with Crippen molar-refractivity contribution in [3.8, 4) is 5.75 Å². The van der Waals surface area contributed by atoms with Crippen molar-refractivity contribution >= 4 is 23.2 Å². The highest BCUT2D eigenvalue weighted by atomic mass is 32.1. The van der Waals surface area contributed by atoms with Crippen molar-refractivity contribution in [1.82, 2.24) is 15.0 Å². The van der Waals surface area contributed by atoms with E-state index < -0.39 is 11.6 Å². The van der Waals surface area contributed by atoms with Crippen LogP contribution >= 0.6 is 11.3 Å². The van der Waals surface area contributed by atoms with Gasteiger partial charge >= 0.3 is 0 Å². The molecular formula is C21H19F2N3O4S. The molecule has 3 aromatic rings. The third-order valence-corrected chi connectivity index (χ3v) is 5.90. The molecule has 4 rings (SSSR count). The van der Waals surface area contributed by atoms with Gasteiger partial charge in [-0.3, -0.25) is 9.59 Å². The van der Waals surface area contributed by atoms with E-state index in [0.29, 0.717) is 42.4 Å². The fourth-order valence-electron chi connectivity index (χ4n) is 3.29. The molecule has 2 aromatic heterocycles. The molecule has 1 aliphatic rings. The van der Waals surface area contributed by atoms with Gasteiger partial charge in [-0.25, -0.2) is 8.78 Å². The lowest BCUT2D eigenvalue weighted by Gasteiger charge is -2.34. The van der Waals surface area contributed by atoms with Gasteiger partial charge in [-0.05, 0) is 30.5 Å². The number of aromatic nitrogens is 1. The van der Waals surface area contributed by atoms with E-state index in [1.807, 2.05) is 11.4 Å². The quantitative estimate of drug-likeness (QED) is 0.599. The van der Waals surface area contributed by atoms with Crippen molar-refractivity contribution in [3.63, 3.8) is 0 Å². The molecule has 0 N–H and O–H groups in total. The average Bonchev–Trinajstić information content (AvgIpc) is 3.43. The number of rotatable bonds is 5. The Morgan fingerprint density at radius 1 is 1.13 bits per heavy atom. The van der Waals surface area contributed by atoms with Crippen molar-refractivity contribution in [2.45, 2.75) is 13.5 Å². The zero-order valence-corrected chi connectivity index (χ0v) is 17.5. The van der Waals surface area contributed by atoms with Gasteiger partial charge < -0.3 is 19.1 Å². The van der Waals surface area contributed by atoms with E-state index in [1.165, 1.54) is 17.4 Å². The zero-order valence-electron chi connectivity index (χ0n) is 16.6. The molecule has 162 valence electrons. The van der Waals surface area contributed by atoms with Crippen molar-refractivity contribution in [1.29, 1.82) is 0 Å². The molecule has 1 aliphatic heterocycles. The summed E-state index contributed by atoms with van der Waals surface area (Å²) in [5, 5.41) is 5.70. The molecule has 0 radical (unpaired) electrons. The van der Waals surface area contributed by atoms with Crippen LogP contribution in [0.25, 0.3) is 0 Å². The van der Waals surface area contributed by atoms with E-state index in [-0.39, 0.29) is 29.9 Å². The number of benzene rings is 1. The van der Waals surface area contributed by atoms with Gasteiger partial charge in [-0.15, -0.1) is 11.3 Å². The third-order valence-electron chi connectivity index (χ3n) is 5.04. The smallest absolute Gasteiger partial charge is 0.276 e. The molecule has 0 atom stereocenters. The van der Waals surface area contributed by atoms with Gasteiger partial charge in [0.25, 0.3) is 11.8 Å². The van der Waals surface area contributed by atoms with E-state index in [1.54, 1.807) is 22.8 Å². The maximum atomic E-state index is 13.8. The molecule has 0 bridgehead atoms. The first-order valence-electron chi connectivity index (χ1n) is 9.59. The van der Waals surface area contributed by atoms with Crippen LogP contribution < -0.4 is 4.74 Å². The van der Waals surface area contributed by atoms with Gasteiger partial charge in [-0.1, -0.05) is 11.2 Å². The van der Waals surface area contributed by atoms with Gasteiger partial charge in [0.15, 0.2) is 17.3 Å². The van der Waals surface area contributed by atoms with Gasteiger partial charge in [0.1, 0.15) is 18.2 Å². The molecule has 0 unspecified atom stereocenters. The highest BCUT2D eigenvalue weighted by molar-refractivity contribution is 7.12. The van der Waals surface area contributed by atoms with Gasteiger partial charge in [0.2, 0.25) is 0 Å².